The fourth-order valence-corrected chi connectivity index (χ4v) is 5.22. The van der Waals surface area contributed by atoms with Crippen molar-refractivity contribution in [3.8, 4) is 11.8 Å². The van der Waals surface area contributed by atoms with Crippen LogP contribution in [0.2, 0.25) is 0 Å². The van der Waals surface area contributed by atoms with Crippen LogP contribution >= 0.6 is 11.8 Å². The van der Waals surface area contributed by atoms with Crippen molar-refractivity contribution in [2.24, 2.45) is 0 Å². The molecule has 178 valence electrons. The first kappa shape index (κ1) is 24.3. The number of aryl methyl sites for hydroxylation is 1. The number of amides is 1. The number of rotatable bonds is 7. The maximum absolute atomic E-state index is 12.6. The molecule has 1 saturated carbocycles. The Balaban J connectivity index is 1.52. The molecule has 1 amide bonds. The smallest absolute Gasteiger partial charge is 0.269 e. The Kier molecular flexibility index (Phi) is 7.37. The van der Waals surface area contributed by atoms with Gasteiger partial charge in [0.05, 0.1) is 4.92 Å². The molecule has 2 aromatic carbocycles. The Bertz CT molecular complexity index is 1310. The van der Waals surface area contributed by atoms with Gasteiger partial charge in [0.1, 0.15) is 11.6 Å². The second kappa shape index (κ2) is 10.6. The molecule has 3 aromatic rings. The molecule has 0 radical (unpaired) electrons. The molecule has 0 bridgehead atoms. The molecule has 0 aliphatic heterocycles. The van der Waals surface area contributed by atoms with E-state index in [-0.39, 0.29) is 23.2 Å². The van der Waals surface area contributed by atoms with E-state index in [1.807, 2.05) is 44.2 Å². The third-order valence-electron chi connectivity index (χ3n) is 6.20. The zero-order chi connectivity index (χ0) is 24.9. The van der Waals surface area contributed by atoms with Crippen LogP contribution in [0.4, 0.5) is 5.69 Å². The highest BCUT2D eigenvalue weighted by molar-refractivity contribution is 7.99. The van der Waals surface area contributed by atoms with Gasteiger partial charge in [-0.3, -0.25) is 14.9 Å². The minimum Gasteiger partial charge on any atom is -0.349 e. The van der Waals surface area contributed by atoms with E-state index in [9.17, 15) is 20.2 Å². The maximum atomic E-state index is 12.6. The molecular formula is C27H26N4O3S. The van der Waals surface area contributed by atoms with Crippen molar-refractivity contribution >= 4 is 29.4 Å². The van der Waals surface area contributed by atoms with Crippen LogP contribution in [0.25, 0.3) is 11.8 Å². The normalized spacial score (nSPS) is 14.0. The number of hydrogen-bond acceptors (Lipinski definition) is 5. The molecule has 4 rings (SSSR count). The van der Waals surface area contributed by atoms with Gasteiger partial charge in [-0.15, -0.1) is 0 Å². The van der Waals surface area contributed by atoms with Crippen LogP contribution < -0.4 is 5.32 Å². The SMILES string of the molecule is Cc1cc(/C=C(/C#N)C(=O)NC2CCCC2)c(C)n1-c1ccc(Sc2ccc([N+](=O)[O-])cc2)cc1. The molecule has 8 heteroatoms. The van der Waals surface area contributed by atoms with E-state index >= 15 is 0 Å². The van der Waals surface area contributed by atoms with Gasteiger partial charge in [0.15, 0.2) is 0 Å². The molecule has 0 spiro atoms. The molecule has 1 aromatic heterocycles. The molecule has 1 aliphatic rings. The number of carbonyl (C=O) groups excluding carboxylic acids is 1. The van der Waals surface area contributed by atoms with Crippen LogP contribution in [0.15, 0.2) is 70.0 Å². The first-order valence-corrected chi connectivity index (χ1v) is 12.3. The predicted octanol–water partition coefficient (Wildman–Crippen LogP) is 6.12. The lowest BCUT2D eigenvalue weighted by Gasteiger charge is -2.12. The van der Waals surface area contributed by atoms with Crippen molar-refractivity contribution in [2.45, 2.75) is 55.4 Å². The summed E-state index contributed by atoms with van der Waals surface area (Å²) in [5.74, 6) is -0.308. The molecule has 1 fully saturated rings. The van der Waals surface area contributed by atoms with Gasteiger partial charge in [0.2, 0.25) is 0 Å². The number of nitrogens with one attached hydrogen (secondary N) is 1. The number of nitrogens with zero attached hydrogens (tertiary/aromatic N) is 3. The number of nitriles is 1. The van der Waals surface area contributed by atoms with Gasteiger partial charge in [0.25, 0.3) is 11.6 Å². The van der Waals surface area contributed by atoms with Crippen molar-refractivity contribution in [2.75, 3.05) is 0 Å². The Morgan fingerprint density at radius 1 is 1.11 bits per heavy atom. The van der Waals surface area contributed by atoms with Crippen LogP contribution in [0.1, 0.15) is 42.6 Å². The lowest BCUT2D eigenvalue weighted by molar-refractivity contribution is -0.384. The number of hydrogen-bond donors (Lipinski definition) is 1. The van der Waals surface area contributed by atoms with Crippen molar-refractivity contribution in [1.29, 1.82) is 5.26 Å². The fourth-order valence-electron chi connectivity index (χ4n) is 4.40. The monoisotopic (exact) mass is 486 g/mol. The summed E-state index contributed by atoms with van der Waals surface area (Å²) in [7, 11) is 0. The highest BCUT2D eigenvalue weighted by Gasteiger charge is 2.20. The summed E-state index contributed by atoms with van der Waals surface area (Å²) in [6, 6.07) is 18.7. The molecule has 1 N–H and O–H groups in total. The van der Waals surface area contributed by atoms with Crippen LogP contribution in [-0.4, -0.2) is 21.4 Å². The van der Waals surface area contributed by atoms with E-state index in [2.05, 4.69) is 16.0 Å². The van der Waals surface area contributed by atoms with E-state index in [0.717, 1.165) is 58.1 Å². The Labute approximate surface area is 208 Å². The number of nitro groups is 1. The number of non-ortho nitro benzene ring substituents is 1. The van der Waals surface area contributed by atoms with Crippen LogP contribution in [0.3, 0.4) is 0 Å². The third-order valence-corrected chi connectivity index (χ3v) is 7.22. The van der Waals surface area contributed by atoms with E-state index in [0.29, 0.717) is 0 Å². The van der Waals surface area contributed by atoms with Gasteiger partial charge in [-0.2, -0.15) is 5.26 Å². The molecular weight excluding hydrogens is 460 g/mol. The first-order valence-electron chi connectivity index (χ1n) is 11.5. The molecule has 1 aliphatic carbocycles. The van der Waals surface area contributed by atoms with E-state index in [4.69, 9.17) is 0 Å². The van der Waals surface area contributed by atoms with Gasteiger partial charge in [-0.1, -0.05) is 24.6 Å². The van der Waals surface area contributed by atoms with E-state index < -0.39 is 4.92 Å². The fraction of sp³-hybridized carbons (Fsp3) is 0.259. The highest BCUT2D eigenvalue weighted by atomic mass is 32.2. The number of nitro benzene ring substituents is 1. The van der Waals surface area contributed by atoms with Crippen molar-refractivity contribution in [1.82, 2.24) is 9.88 Å². The van der Waals surface area contributed by atoms with Crippen molar-refractivity contribution in [3.05, 3.63) is 87.2 Å². The van der Waals surface area contributed by atoms with Gasteiger partial charge < -0.3 is 9.88 Å². The summed E-state index contributed by atoms with van der Waals surface area (Å²) >= 11 is 1.53. The van der Waals surface area contributed by atoms with Crippen LogP contribution in [0.5, 0.6) is 0 Å². The standard InChI is InChI=1S/C27H26N4O3S/c1-18-15-20(16-21(17-28)27(32)29-22-5-3-4-6-22)19(2)30(18)23-7-11-25(12-8-23)35-26-13-9-24(10-14-26)31(33)34/h7-16,22H,3-6H2,1-2H3,(H,29,32)/b21-16-. The highest BCUT2D eigenvalue weighted by Crippen LogP contribution is 2.31. The maximum Gasteiger partial charge on any atom is 0.269 e. The van der Waals surface area contributed by atoms with Gasteiger partial charge >= 0.3 is 0 Å². The van der Waals surface area contributed by atoms with Crippen LogP contribution in [0, 0.1) is 35.3 Å². The van der Waals surface area contributed by atoms with Crippen molar-refractivity contribution < 1.29 is 9.72 Å². The molecule has 7 nitrogen and oxygen atoms in total. The summed E-state index contributed by atoms with van der Waals surface area (Å²) in [6.07, 6.45) is 5.84. The molecule has 1 heterocycles. The second-order valence-electron chi connectivity index (χ2n) is 8.63. The summed E-state index contributed by atoms with van der Waals surface area (Å²) in [6.45, 7) is 3.97. The Morgan fingerprint density at radius 3 is 2.29 bits per heavy atom. The number of benzene rings is 2. The average Bonchev–Trinajstić information content (AvgIpc) is 3.45. The zero-order valence-electron chi connectivity index (χ0n) is 19.7. The second-order valence-corrected chi connectivity index (χ2v) is 9.78. The summed E-state index contributed by atoms with van der Waals surface area (Å²) in [4.78, 5) is 25.0. The number of carbonyl (C=O) groups is 1. The van der Waals surface area contributed by atoms with Gasteiger partial charge in [0, 0.05) is 45.0 Å². The van der Waals surface area contributed by atoms with Gasteiger partial charge in [-0.25, -0.2) is 0 Å². The van der Waals surface area contributed by atoms with E-state index in [1.54, 1.807) is 18.2 Å². The minimum atomic E-state index is -0.407. The van der Waals surface area contributed by atoms with E-state index in [1.165, 1.54) is 23.9 Å². The third kappa shape index (κ3) is 5.64. The molecule has 0 atom stereocenters. The summed E-state index contributed by atoms with van der Waals surface area (Å²) in [5, 5.41) is 23.4. The van der Waals surface area contributed by atoms with Gasteiger partial charge in [-0.05, 0) is 80.8 Å². The van der Waals surface area contributed by atoms with Crippen LogP contribution in [-0.2, 0) is 4.79 Å². The minimum absolute atomic E-state index is 0.0729. The van der Waals surface area contributed by atoms with Crippen molar-refractivity contribution in [3.63, 3.8) is 0 Å². The predicted molar refractivity (Wildman–Crippen MR) is 136 cm³/mol. The lowest BCUT2D eigenvalue weighted by atomic mass is 10.1. The Morgan fingerprint density at radius 2 is 1.71 bits per heavy atom. The average molecular weight is 487 g/mol. The number of aromatic nitrogens is 1. The molecule has 0 unspecified atom stereocenters. The lowest BCUT2D eigenvalue weighted by Crippen LogP contribution is -2.33. The zero-order valence-corrected chi connectivity index (χ0v) is 20.5. The first-order chi connectivity index (χ1) is 16.9. The Hall–Kier alpha value is -3.83. The summed E-state index contributed by atoms with van der Waals surface area (Å²) < 4.78 is 2.09. The molecule has 0 saturated heterocycles. The largest absolute Gasteiger partial charge is 0.349 e. The summed E-state index contributed by atoms with van der Waals surface area (Å²) in [5.41, 5.74) is 3.94. The molecule has 35 heavy (non-hydrogen) atoms. The topological polar surface area (TPSA) is 101 Å². The quantitative estimate of drug-likeness (QED) is 0.188.